The van der Waals surface area contributed by atoms with E-state index in [1.807, 2.05) is 0 Å². The highest BCUT2D eigenvalue weighted by atomic mass is 32.2. The minimum Gasteiger partial charge on any atom is -0.478 e. The number of carboxylic acid groups (broad SMARTS) is 1. The van der Waals surface area contributed by atoms with Gasteiger partial charge in [0.2, 0.25) is 10.0 Å². The number of nitrogens with zero attached hydrogens (tertiary/aromatic N) is 1. The number of aliphatic hydroxyl groups is 1. The van der Waals surface area contributed by atoms with Crippen molar-refractivity contribution in [2.24, 2.45) is 0 Å². The lowest BCUT2D eigenvalue weighted by atomic mass is 10.1. The smallest absolute Gasteiger partial charge is 0.335 e. The highest BCUT2D eigenvalue weighted by molar-refractivity contribution is 7.89. The number of carboxylic acids is 1. The molecule has 2 N–H and O–H groups in total. The number of aliphatic hydroxyl groups excluding tert-OH is 1. The van der Waals surface area contributed by atoms with E-state index in [0.29, 0.717) is 24.9 Å². The molecule has 1 aromatic carbocycles. The summed E-state index contributed by atoms with van der Waals surface area (Å²) in [6.45, 7) is 2.05. The number of rotatable bonds is 8. The zero-order valence-corrected chi connectivity index (χ0v) is 13.1. The van der Waals surface area contributed by atoms with Crippen LogP contribution in [0.1, 0.15) is 35.2 Å². The Bertz CT molecular complexity index is 597. The molecule has 21 heavy (non-hydrogen) atoms. The van der Waals surface area contributed by atoms with Crippen LogP contribution in [0.3, 0.4) is 0 Å². The fraction of sp³-hybridized carbons (Fsp3) is 0.500. The van der Waals surface area contributed by atoms with Crippen molar-refractivity contribution < 1.29 is 23.4 Å². The van der Waals surface area contributed by atoms with Gasteiger partial charge in [-0.2, -0.15) is 0 Å². The third kappa shape index (κ3) is 4.52. The highest BCUT2D eigenvalue weighted by Crippen LogP contribution is 2.19. The van der Waals surface area contributed by atoms with Crippen LogP contribution in [-0.2, 0) is 10.0 Å². The Morgan fingerprint density at radius 2 is 1.90 bits per heavy atom. The predicted octanol–water partition coefficient (Wildman–Crippen LogP) is 1.48. The molecule has 0 aromatic heterocycles. The van der Waals surface area contributed by atoms with Crippen molar-refractivity contribution in [1.82, 2.24) is 4.31 Å². The molecular weight excluding hydrogens is 294 g/mol. The van der Waals surface area contributed by atoms with E-state index in [0.717, 1.165) is 6.42 Å². The Balaban J connectivity index is 2.92. The molecule has 6 nitrogen and oxygen atoms in total. The largest absolute Gasteiger partial charge is 0.478 e. The van der Waals surface area contributed by atoms with Crippen molar-refractivity contribution in [2.75, 3.05) is 20.2 Å². The van der Waals surface area contributed by atoms with Gasteiger partial charge in [0, 0.05) is 20.2 Å². The molecule has 0 aliphatic rings. The van der Waals surface area contributed by atoms with Gasteiger partial charge < -0.3 is 10.2 Å². The van der Waals surface area contributed by atoms with Crippen LogP contribution in [-0.4, -0.2) is 49.1 Å². The van der Waals surface area contributed by atoms with Crippen LogP contribution < -0.4 is 0 Å². The van der Waals surface area contributed by atoms with E-state index in [4.69, 9.17) is 10.2 Å². The SMILES string of the molecule is Cc1ccc(S(=O)(=O)N(C)CCCCCO)cc1C(=O)O. The summed E-state index contributed by atoms with van der Waals surface area (Å²) in [4.78, 5) is 11.1. The molecule has 0 bridgehead atoms. The van der Waals surface area contributed by atoms with Gasteiger partial charge in [-0.15, -0.1) is 0 Å². The number of sulfonamides is 1. The molecule has 0 amide bonds. The standard InChI is InChI=1S/C14H21NO5S/c1-11-6-7-12(10-13(11)14(17)18)21(19,20)15(2)8-4-3-5-9-16/h6-7,10,16H,3-5,8-9H2,1-2H3,(H,17,18). The number of hydrogen-bond donors (Lipinski definition) is 2. The first-order chi connectivity index (χ1) is 9.80. The number of aromatic carboxylic acids is 1. The van der Waals surface area contributed by atoms with Gasteiger partial charge >= 0.3 is 5.97 Å². The molecule has 0 fully saturated rings. The summed E-state index contributed by atoms with van der Waals surface area (Å²) < 4.78 is 25.9. The van der Waals surface area contributed by atoms with Crippen molar-refractivity contribution in [2.45, 2.75) is 31.1 Å². The summed E-state index contributed by atoms with van der Waals surface area (Å²) >= 11 is 0. The molecule has 0 spiro atoms. The summed E-state index contributed by atoms with van der Waals surface area (Å²) in [6.07, 6.45) is 2.03. The fourth-order valence-electron chi connectivity index (χ4n) is 1.92. The molecule has 0 radical (unpaired) electrons. The van der Waals surface area contributed by atoms with Crippen molar-refractivity contribution in [3.05, 3.63) is 29.3 Å². The monoisotopic (exact) mass is 315 g/mol. The lowest BCUT2D eigenvalue weighted by Gasteiger charge is -2.17. The van der Waals surface area contributed by atoms with Crippen molar-refractivity contribution in [3.63, 3.8) is 0 Å². The quantitative estimate of drug-likeness (QED) is 0.708. The van der Waals surface area contributed by atoms with E-state index in [2.05, 4.69) is 0 Å². The number of unbranched alkanes of at least 4 members (excludes halogenated alkanes) is 2. The van der Waals surface area contributed by atoms with Gasteiger partial charge in [-0.05, 0) is 43.9 Å². The second-order valence-electron chi connectivity index (χ2n) is 4.89. The van der Waals surface area contributed by atoms with Gasteiger partial charge in [-0.3, -0.25) is 0 Å². The van der Waals surface area contributed by atoms with E-state index >= 15 is 0 Å². The normalized spacial score (nSPS) is 11.8. The van der Waals surface area contributed by atoms with E-state index in [1.165, 1.54) is 29.6 Å². The molecular formula is C14H21NO5S. The van der Waals surface area contributed by atoms with E-state index in [-0.39, 0.29) is 17.1 Å². The zero-order chi connectivity index (χ0) is 16.0. The summed E-state index contributed by atoms with van der Waals surface area (Å²) in [7, 11) is -2.22. The Hall–Kier alpha value is -1.44. The maximum Gasteiger partial charge on any atom is 0.335 e. The first kappa shape index (κ1) is 17.6. The van der Waals surface area contributed by atoms with Crippen LogP contribution >= 0.6 is 0 Å². The lowest BCUT2D eigenvalue weighted by Crippen LogP contribution is -2.28. The van der Waals surface area contributed by atoms with Gasteiger partial charge in [0.25, 0.3) is 0 Å². The van der Waals surface area contributed by atoms with Crippen LogP contribution in [0.5, 0.6) is 0 Å². The maximum atomic E-state index is 12.4. The van der Waals surface area contributed by atoms with Gasteiger partial charge in [0.05, 0.1) is 10.5 Å². The van der Waals surface area contributed by atoms with Crippen LogP contribution in [0.2, 0.25) is 0 Å². The number of benzene rings is 1. The second kappa shape index (κ2) is 7.53. The van der Waals surface area contributed by atoms with Gasteiger partial charge in [-0.25, -0.2) is 17.5 Å². The van der Waals surface area contributed by atoms with E-state index in [1.54, 1.807) is 6.92 Å². The van der Waals surface area contributed by atoms with E-state index in [9.17, 15) is 13.2 Å². The third-order valence-electron chi connectivity index (χ3n) is 3.28. The molecule has 0 aliphatic carbocycles. The van der Waals surface area contributed by atoms with Crippen LogP contribution in [0, 0.1) is 6.92 Å². The van der Waals surface area contributed by atoms with Crippen LogP contribution in [0.25, 0.3) is 0 Å². The molecule has 0 unspecified atom stereocenters. The maximum absolute atomic E-state index is 12.4. The Morgan fingerprint density at radius 1 is 1.24 bits per heavy atom. The molecule has 118 valence electrons. The first-order valence-electron chi connectivity index (χ1n) is 6.72. The minimum atomic E-state index is -3.69. The van der Waals surface area contributed by atoms with Crippen LogP contribution in [0.15, 0.2) is 23.1 Å². The Morgan fingerprint density at radius 3 is 2.48 bits per heavy atom. The van der Waals surface area contributed by atoms with Crippen molar-refractivity contribution in [1.29, 1.82) is 0 Å². The van der Waals surface area contributed by atoms with Gasteiger partial charge in [0.15, 0.2) is 0 Å². The summed E-state index contributed by atoms with van der Waals surface area (Å²) in [5, 5.41) is 17.8. The number of carbonyl (C=O) groups is 1. The lowest BCUT2D eigenvalue weighted by molar-refractivity contribution is 0.0696. The fourth-order valence-corrected chi connectivity index (χ4v) is 3.15. The van der Waals surface area contributed by atoms with Gasteiger partial charge in [0.1, 0.15) is 0 Å². The van der Waals surface area contributed by atoms with Gasteiger partial charge in [-0.1, -0.05) is 6.07 Å². The zero-order valence-electron chi connectivity index (χ0n) is 12.2. The molecule has 0 saturated heterocycles. The summed E-state index contributed by atoms with van der Waals surface area (Å²) in [5.74, 6) is -1.14. The first-order valence-corrected chi connectivity index (χ1v) is 8.16. The average Bonchev–Trinajstić information content (AvgIpc) is 2.43. The second-order valence-corrected chi connectivity index (χ2v) is 6.94. The molecule has 7 heteroatoms. The Kier molecular flexibility index (Phi) is 6.32. The molecule has 1 rings (SSSR count). The highest BCUT2D eigenvalue weighted by Gasteiger charge is 2.22. The summed E-state index contributed by atoms with van der Waals surface area (Å²) in [5.41, 5.74) is 0.511. The predicted molar refractivity (Wildman–Crippen MR) is 78.9 cm³/mol. The molecule has 0 atom stereocenters. The van der Waals surface area contributed by atoms with Crippen molar-refractivity contribution >= 4 is 16.0 Å². The third-order valence-corrected chi connectivity index (χ3v) is 5.13. The molecule has 1 aromatic rings. The minimum absolute atomic E-state index is 0.00949. The van der Waals surface area contributed by atoms with Crippen LogP contribution in [0.4, 0.5) is 0 Å². The number of hydrogen-bond acceptors (Lipinski definition) is 4. The molecule has 0 aliphatic heterocycles. The topological polar surface area (TPSA) is 94.9 Å². The summed E-state index contributed by atoms with van der Waals surface area (Å²) in [6, 6.07) is 4.11. The van der Waals surface area contributed by atoms with E-state index < -0.39 is 16.0 Å². The Labute approximate surface area is 125 Å². The molecule has 0 heterocycles. The van der Waals surface area contributed by atoms with Crippen molar-refractivity contribution in [3.8, 4) is 0 Å². The average molecular weight is 315 g/mol. The number of aryl methyl sites for hydroxylation is 1. The molecule has 0 saturated carbocycles.